The van der Waals surface area contributed by atoms with E-state index in [9.17, 15) is 9.59 Å². The number of nitrogens with zero attached hydrogens (tertiary/aromatic N) is 2. The monoisotopic (exact) mass is 523 g/mol. The second kappa shape index (κ2) is 11.0. The van der Waals surface area contributed by atoms with Crippen LogP contribution in [0.5, 0.6) is 23.0 Å². The number of methoxy groups -OCH3 is 2. The van der Waals surface area contributed by atoms with Gasteiger partial charge in [-0.05, 0) is 42.0 Å². The number of hydrogen-bond acceptors (Lipinski definition) is 7. The number of rotatable bonds is 10. The summed E-state index contributed by atoms with van der Waals surface area (Å²) in [5.74, 6) is 2.37. The third kappa shape index (κ3) is 6.08. The molecule has 1 aliphatic carbocycles. The summed E-state index contributed by atoms with van der Waals surface area (Å²) in [5, 5.41) is 4.90. The number of benzene rings is 2. The van der Waals surface area contributed by atoms with E-state index < -0.39 is 0 Å². The molecule has 0 spiro atoms. The van der Waals surface area contributed by atoms with Gasteiger partial charge < -0.3 is 34.1 Å². The number of anilines is 1. The van der Waals surface area contributed by atoms with Crippen molar-refractivity contribution in [1.29, 1.82) is 0 Å². The normalized spacial score (nSPS) is 13.7. The number of carbonyl (C=O) groups is 2. The predicted molar refractivity (Wildman–Crippen MR) is 139 cm³/mol. The second-order valence-corrected chi connectivity index (χ2v) is 9.94. The van der Waals surface area contributed by atoms with Crippen molar-refractivity contribution in [3.63, 3.8) is 0 Å². The van der Waals surface area contributed by atoms with Crippen LogP contribution in [0.25, 0.3) is 0 Å². The van der Waals surface area contributed by atoms with E-state index in [-0.39, 0.29) is 31.3 Å². The molecular formula is C27H29N3O6S. The molecule has 5 rings (SSSR count). The van der Waals surface area contributed by atoms with Gasteiger partial charge in [0.2, 0.25) is 12.7 Å². The Hall–Kier alpha value is -3.92. The molecule has 194 valence electrons. The number of thiophene rings is 1. The second-order valence-electron chi connectivity index (χ2n) is 8.91. The number of carbonyl (C=O) groups excluding carboxylic acids is 2. The molecule has 9 nitrogen and oxygen atoms in total. The van der Waals surface area contributed by atoms with Crippen LogP contribution in [0.3, 0.4) is 0 Å². The number of fused-ring (bicyclic) bond motifs is 1. The van der Waals surface area contributed by atoms with Gasteiger partial charge in [-0.3, -0.25) is 4.79 Å². The molecule has 1 fully saturated rings. The van der Waals surface area contributed by atoms with Crippen molar-refractivity contribution in [3.8, 4) is 23.0 Å². The zero-order valence-corrected chi connectivity index (χ0v) is 21.6. The molecule has 0 saturated heterocycles. The number of urea groups is 1. The van der Waals surface area contributed by atoms with Crippen LogP contribution >= 0.6 is 11.3 Å². The molecule has 1 aromatic heterocycles. The lowest BCUT2D eigenvalue weighted by molar-refractivity contribution is -0.133. The van der Waals surface area contributed by atoms with Crippen LogP contribution in [-0.2, 0) is 17.9 Å². The van der Waals surface area contributed by atoms with Crippen molar-refractivity contribution in [2.75, 3.05) is 32.9 Å². The summed E-state index contributed by atoms with van der Waals surface area (Å²) in [6, 6.07) is 14.5. The number of hydrogen-bond donors (Lipinski definition) is 1. The van der Waals surface area contributed by atoms with Crippen molar-refractivity contribution in [3.05, 3.63) is 64.4 Å². The Balaban J connectivity index is 1.32. The zero-order chi connectivity index (χ0) is 25.8. The van der Waals surface area contributed by atoms with Gasteiger partial charge in [-0.15, -0.1) is 11.3 Å². The standard InChI is InChI=1S/C27H29N3O6S/c1-33-21-11-19(12-22(13-21)34-2)28-27(32)30(20-6-7-20)16-26(31)29(15-23-4-3-9-37-23)14-18-5-8-24-25(10-18)36-17-35-24/h3-5,8-13,20H,6-7,14-17H2,1-2H3,(H,28,32). The molecule has 1 aliphatic heterocycles. The van der Waals surface area contributed by atoms with Gasteiger partial charge in [0.1, 0.15) is 18.0 Å². The smallest absolute Gasteiger partial charge is 0.322 e. The summed E-state index contributed by atoms with van der Waals surface area (Å²) in [6.07, 6.45) is 1.74. The van der Waals surface area contributed by atoms with Gasteiger partial charge in [0.05, 0.1) is 20.8 Å². The molecule has 37 heavy (non-hydrogen) atoms. The van der Waals surface area contributed by atoms with Gasteiger partial charge in [-0.1, -0.05) is 12.1 Å². The average molecular weight is 524 g/mol. The first kappa shape index (κ1) is 24.8. The van der Waals surface area contributed by atoms with E-state index in [4.69, 9.17) is 18.9 Å². The van der Waals surface area contributed by atoms with Gasteiger partial charge in [-0.2, -0.15) is 0 Å². The first-order valence-electron chi connectivity index (χ1n) is 12.0. The Bertz CT molecular complexity index is 1240. The highest BCUT2D eigenvalue weighted by Crippen LogP contribution is 2.33. The minimum absolute atomic E-state index is 0.0203. The van der Waals surface area contributed by atoms with Crippen molar-refractivity contribution >= 4 is 29.0 Å². The van der Waals surface area contributed by atoms with E-state index in [1.165, 1.54) is 0 Å². The van der Waals surface area contributed by atoms with Crippen LogP contribution in [0.1, 0.15) is 23.3 Å². The molecule has 10 heteroatoms. The molecule has 3 amide bonds. The van der Waals surface area contributed by atoms with E-state index in [1.54, 1.807) is 53.6 Å². The summed E-state index contributed by atoms with van der Waals surface area (Å²) >= 11 is 1.60. The van der Waals surface area contributed by atoms with E-state index in [0.717, 1.165) is 23.3 Å². The summed E-state index contributed by atoms with van der Waals surface area (Å²) in [5.41, 5.74) is 1.47. The maximum atomic E-state index is 13.6. The molecule has 0 radical (unpaired) electrons. The van der Waals surface area contributed by atoms with Crippen molar-refractivity contribution in [1.82, 2.24) is 9.80 Å². The molecule has 0 unspecified atom stereocenters. The van der Waals surface area contributed by atoms with Gasteiger partial charge in [0.25, 0.3) is 0 Å². The third-order valence-electron chi connectivity index (χ3n) is 6.25. The van der Waals surface area contributed by atoms with Gasteiger partial charge in [0, 0.05) is 41.4 Å². The van der Waals surface area contributed by atoms with Crippen molar-refractivity contribution < 1.29 is 28.5 Å². The van der Waals surface area contributed by atoms with Crippen LogP contribution in [0.15, 0.2) is 53.9 Å². The van der Waals surface area contributed by atoms with E-state index in [2.05, 4.69) is 5.32 Å². The van der Waals surface area contributed by atoms with Crippen LogP contribution in [-0.4, -0.2) is 55.3 Å². The topological polar surface area (TPSA) is 89.6 Å². The fourth-order valence-electron chi connectivity index (χ4n) is 4.16. The molecule has 2 aliphatic rings. The van der Waals surface area contributed by atoms with E-state index >= 15 is 0 Å². The Labute approximate surface area is 219 Å². The molecule has 0 bridgehead atoms. The minimum Gasteiger partial charge on any atom is -0.497 e. The van der Waals surface area contributed by atoms with Crippen molar-refractivity contribution in [2.45, 2.75) is 32.0 Å². The van der Waals surface area contributed by atoms with Gasteiger partial charge in [0.15, 0.2) is 11.5 Å². The Morgan fingerprint density at radius 3 is 2.43 bits per heavy atom. The van der Waals surface area contributed by atoms with Gasteiger partial charge >= 0.3 is 6.03 Å². The van der Waals surface area contributed by atoms with E-state index in [1.807, 2.05) is 35.7 Å². The lowest BCUT2D eigenvalue weighted by Gasteiger charge is -2.28. The first-order valence-corrected chi connectivity index (χ1v) is 12.9. The SMILES string of the molecule is COc1cc(NC(=O)N(CC(=O)N(Cc2ccc3c(c2)OCO3)Cc2cccs2)C2CC2)cc(OC)c1. The Morgan fingerprint density at radius 2 is 1.76 bits per heavy atom. The summed E-state index contributed by atoms with van der Waals surface area (Å²) in [6.45, 7) is 1.02. The van der Waals surface area contributed by atoms with Crippen LogP contribution in [0.2, 0.25) is 0 Å². The van der Waals surface area contributed by atoms with Crippen LogP contribution < -0.4 is 24.3 Å². The molecule has 3 aromatic rings. The number of ether oxygens (including phenoxy) is 4. The summed E-state index contributed by atoms with van der Waals surface area (Å²) < 4.78 is 21.5. The lowest BCUT2D eigenvalue weighted by atomic mass is 10.2. The molecule has 2 heterocycles. The Kier molecular flexibility index (Phi) is 7.36. The van der Waals surface area contributed by atoms with Gasteiger partial charge in [-0.25, -0.2) is 4.79 Å². The fourth-order valence-corrected chi connectivity index (χ4v) is 4.88. The largest absolute Gasteiger partial charge is 0.497 e. The summed E-state index contributed by atoms with van der Waals surface area (Å²) in [4.78, 5) is 31.4. The highest BCUT2D eigenvalue weighted by atomic mass is 32.1. The van der Waals surface area contributed by atoms with E-state index in [0.29, 0.717) is 41.8 Å². The predicted octanol–water partition coefficient (Wildman–Crippen LogP) is 4.72. The number of nitrogens with one attached hydrogen (secondary N) is 1. The maximum Gasteiger partial charge on any atom is 0.322 e. The fraction of sp³-hybridized carbons (Fsp3) is 0.333. The van der Waals surface area contributed by atoms with Crippen LogP contribution in [0, 0.1) is 0 Å². The average Bonchev–Trinajstić information content (AvgIpc) is 3.40. The first-order chi connectivity index (χ1) is 18.0. The highest BCUT2D eigenvalue weighted by molar-refractivity contribution is 7.09. The maximum absolute atomic E-state index is 13.6. The number of amides is 3. The molecular weight excluding hydrogens is 494 g/mol. The Morgan fingerprint density at radius 1 is 1.00 bits per heavy atom. The molecule has 2 aromatic carbocycles. The van der Waals surface area contributed by atoms with Crippen molar-refractivity contribution in [2.24, 2.45) is 0 Å². The zero-order valence-electron chi connectivity index (χ0n) is 20.8. The summed E-state index contributed by atoms with van der Waals surface area (Å²) in [7, 11) is 3.11. The third-order valence-corrected chi connectivity index (χ3v) is 7.11. The molecule has 1 saturated carbocycles. The minimum atomic E-state index is -0.328. The molecule has 1 N–H and O–H groups in total. The molecule has 0 atom stereocenters. The quantitative estimate of drug-likeness (QED) is 0.414. The van der Waals surface area contributed by atoms with Crippen LogP contribution in [0.4, 0.5) is 10.5 Å². The lowest BCUT2D eigenvalue weighted by Crippen LogP contribution is -2.45. The highest BCUT2D eigenvalue weighted by Gasteiger charge is 2.35.